The fourth-order valence-corrected chi connectivity index (χ4v) is 3.16. The predicted molar refractivity (Wildman–Crippen MR) is 92.0 cm³/mol. The third-order valence-corrected chi connectivity index (χ3v) is 4.36. The molecule has 1 aromatic heterocycles. The second kappa shape index (κ2) is 6.49. The quantitative estimate of drug-likeness (QED) is 0.549. The first-order chi connectivity index (χ1) is 9.65. The summed E-state index contributed by atoms with van der Waals surface area (Å²) >= 11 is 1.83. The van der Waals surface area contributed by atoms with Gasteiger partial charge in [-0.3, -0.25) is 0 Å². The van der Waals surface area contributed by atoms with Gasteiger partial charge in [-0.15, -0.1) is 11.3 Å². The largest absolute Gasteiger partial charge is 0.308 e. The molecule has 1 heterocycles. The van der Waals surface area contributed by atoms with E-state index < -0.39 is 0 Å². The van der Waals surface area contributed by atoms with Crippen molar-refractivity contribution in [3.8, 4) is 0 Å². The SMILES string of the molecule is C=C/C=C\c1c(C)sc2ccc(C/C=C(/C)C=N)cc12. The number of hydrogen-bond donors (Lipinski definition) is 1. The minimum Gasteiger partial charge on any atom is -0.308 e. The maximum Gasteiger partial charge on any atom is 0.0351 e. The summed E-state index contributed by atoms with van der Waals surface area (Å²) in [6.07, 6.45) is 10.3. The van der Waals surface area contributed by atoms with E-state index in [9.17, 15) is 0 Å². The first-order valence-electron chi connectivity index (χ1n) is 6.64. The van der Waals surface area contributed by atoms with Crippen molar-refractivity contribution in [2.45, 2.75) is 20.3 Å². The predicted octanol–water partition coefficient (Wildman–Crippen LogP) is 5.55. The zero-order valence-corrected chi connectivity index (χ0v) is 12.8. The Kier molecular flexibility index (Phi) is 4.70. The highest BCUT2D eigenvalue weighted by atomic mass is 32.1. The molecule has 1 nitrogen and oxygen atoms in total. The molecule has 0 aliphatic carbocycles. The van der Waals surface area contributed by atoms with Crippen LogP contribution in [0.2, 0.25) is 0 Å². The van der Waals surface area contributed by atoms with Crippen molar-refractivity contribution in [1.29, 1.82) is 5.41 Å². The number of fused-ring (bicyclic) bond motifs is 1. The molecule has 102 valence electrons. The Bertz CT molecular complexity index is 702. The van der Waals surface area contributed by atoms with Crippen LogP contribution in [-0.2, 0) is 6.42 Å². The number of hydrogen-bond acceptors (Lipinski definition) is 2. The molecule has 0 unspecified atom stereocenters. The Morgan fingerprint density at radius 2 is 2.20 bits per heavy atom. The van der Waals surface area contributed by atoms with Crippen LogP contribution in [0.3, 0.4) is 0 Å². The number of benzene rings is 1. The molecule has 2 rings (SSSR count). The smallest absolute Gasteiger partial charge is 0.0351 e. The van der Waals surface area contributed by atoms with Crippen LogP contribution >= 0.6 is 11.3 Å². The Morgan fingerprint density at radius 3 is 2.90 bits per heavy atom. The topological polar surface area (TPSA) is 23.9 Å². The van der Waals surface area contributed by atoms with Crippen molar-refractivity contribution in [3.05, 3.63) is 64.6 Å². The molecule has 0 fully saturated rings. The van der Waals surface area contributed by atoms with Gasteiger partial charge < -0.3 is 5.41 Å². The van der Waals surface area contributed by atoms with Crippen molar-refractivity contribution in [3.63, 3.8) is 0 Å². The number of aryl methyl sites for hydroxylation is 1. The van der Waals surface area contributed by atoms with Gasteiger partial charge in [0.1, 0.15) is 0 Å². The molecule has 0 saturated carbocycles. The number of thiophene rings is 1. The van der Waals surface area contributed by atoms with Crippen LogP contribution in [-0.4, -0.2) is 6.21 Å². The number of nitrogens with one attached hydrogen (secondary N) is 1. The van der Waals surface area contributed by atoms with Gasteiger partial charge in [0.2, 0.25) is 0 Å². The Labute approximate surface area is 124 Å². The molecule has 1 N–H and O–H groups in total. The average molecular weight is 281 g/mol. The van der Waals surface area contributed by atoms with E-state index in [0.717, 1.165) is 12.0 Å². The molecule has 0 radical (unpaired) electrons. The van der Waals surface area contributed by atoms with Crippen molar-refractivity contribution >= 4 is 33.7 Å². The monoisotopic (exact) mass is 281 g/mol. The van der Waals surface area contributed by atoms with Gasteiger partial charge in [-0.25, -0.2) is 0 Å². The molecule has 1 aromatic carbocycles. The van der Waals surface area contributed by atoms with Gasteiger partial charge in [0.15, 0.2) is 0 Å². The van der Waals surface area contributed by atoms with E-state index in [0.29, 0.717) is 0 Å². The van der Waals surface area contributed by atoms with Gasteiger partial charge in [-0.05, 0) is 49.1 Å². The van der Waals surface area contributed by atoms with Crippen LogP contribution in [0.1, 0.15) is 22.9 Å². The third kappa shape index (κ3) is 3.14. The fourth-order valence-electron chi connectivity index (χ4n) is 2.12. The van der Waals surface area contributed by atoms with E-state index in [1.165, 1.54) is 32.3 Å². The molecule has 0 saturated heterocycles. The lowest BCUT2D eigenvalue weighted by Crippen LogP contribution is -1.84. The molecular weight excluding hydrogens is 262 g/mol. The van der Waals surface area contributed by atoms with E-state index in [1.807, 2.05) is 30.4 Å². The molecule has 0 spiro atoms. The highest BCUT2D eigenvalue weighted by Gasteiger charge is 2.06. The molecule has 0 bridgehead atoms. The Morgan fingerprint density at radius 1 is 1.40 bits per heavy atom. The van der Waals surface area contributed by atoms with Gasteiger partial charge in [-0.2, -0.15) is 0 Å². The molecule has 0 aliphatic rings. The van der Waals surface area contributed by atoms with Crippen LogP contribution < -0.4 is 0 Å². The molecule has 0 aliphatic heterocycles. The first-order valence-corrected chi connectivity index (χ1v) is 7.45. The summed E-state index contributed by atoms with van der Waals surface area (Å²) in [6.45, 7) is 7.85. The van der Waals surface area contributed by atoms with E-state index in [1.54, 1.807) is 0 Å². The lowest BCUT2D eigenvalue weighted by atomic mass is 10.0. The standard InChI is InChI=1S/C18H19NS/c1-4-5-6-16-14(3)20-18-10-9-15(11-17(16)18)8-7-13(2)12-19/h4-7,9-12,19H,1,8H2,2-3H3/b6-5-,13-7-,19-12?. The maximum absolute atomic E-state index is 7.21. The maximum atomic E-state index is 7.21. The third-order valence-electron chi connectivity index (χ3n) is 3.26. The van der Waals surface area contributed by atoms with Gasteiger partial charge in [0.25, 0.3) is 0 Å². The molecule has 0 atom stereocenters. The van der Waals surface area contributed by atoms with Crippen LogP contribution in [0.25, 0.3) is 16.2 Å². The highest BCUT2D eigenvalue weighted by Crippen LogP contribution is 2.32. The Hall–Kier alpha value is -1.93. The van der Waals surface area contributed by atoms with E-state index >= 15 is 0 Å². The van der Waals surface area contributed by atoms with Gasteiger partial charge in [0.05, 0.1) is 0 Å². The van der Waals surface area contributed by atoms with Crippen molar-refractivity contribution in [1.82, 2.24) is 0 Å². The summed E-state index contributed by atoms with van der Waals surface area (Å²) in [5, 5.41) is 8.52. The number of allylic oxidation sites excluding steroid dienone is 4. The minimum atomic E-state index is 0.872. The summed E-state index contributed by atoms with van der Waals surface area (Å²) < 4.78 is 1.32. The van der Waals surface area contributed by atoms with Crippen LogP contribution in [0.5, 0.6) is 0 Å². The van der Waals surface area contributed by atoms with E-state index in [4.69, 9.17) is 5.41 Å². The fraction of sp³-hybridized carbons (Fsp3) is 0.167. The van der Waals surface area contributed by atoms with Gasteiger partial charge in [0, 0.05) is 21.2 Å². The molecule has 0 amide bonds. The minimum absolute atomic E-state index is 0.872. The summed E-state index contributed by atoms with van der Waals surface area (Å²) in [5.74, 6) is 0. The van der Waals surface area contributed by atoms with Crippen molar-refractivity contribution in [2.75, 3.05) is 0 Å². The molecule has 2 aromatic rings. The second-order valence-corrected chi connectivity index (χ2v) is 6.05. The lowest BCUT2D eigenvalue weighted by Gasteiger charge is -2.00. The summed E-state index contributed by atoms with van der Waals surface area (Å²) in [6, 6.07) is 6.63. The van der Waals surface area contributed by atoms with Crippen molar-refractivity contribution < 1.29 is 0 Å². The first kappa shape index (κ1) is 14.5. The van der Waals surface area contributed by atoms with Gasteiger partial charge in [-0.1, -0.05) is 36.9 Å². The number of rotatable bonds is 5. The van der Waals surface area contributed by atoms with Gasteiger partial charge >= 0.3 is 0 Å². The Balaban J connectivity index is 2.43. The zero-order chi connectivity index (χ0) is 14.5. The van der Waals surface area contributed by atoms with E-state index in [-0.39, 0.29) is 0 Å². The molecule has 2 heteroatoms. The lowest BCUT2D eigenvalue weighted by molar-refractivity contribution is 1.26. The summed E-state index contributed by atoms with van der Waals surface area (Å²) in [5.41, 5.74) is 3.57. The summed E-state index contributed by atoms with van der Waals surface area (Å²) in [7, 11) is 0. The van der Waals surface area contributed by atoms with Crippen LogP contribution in [0.4, 0.5) is 0 Å². The normalized spacial score (nSPS) is 12.2. The van der Waals surface area contributed by atoms with E-state index in [2.05, 4.69) is 43.9 Å². The molecular formula is C18H19NS. The average Bonchev–Trinajstić information content (AvgIpc) is 2.77. The summed E-state index contributed by atoms with van der Waals surface area (Å²) in [4.78, 5) is 1.33. The highest BCUT2D eigenvalue weighted by molar-refractivity contribution is 7.19. The second-order valence-electron chi connectivity index (χ2n) is 4.79. The molecule has 20 heavy (non-hydrogen) atoms. The zero-order valence-electron chi connectivity index (χ0n) is 11.9. The van der Waals surface area contributed by atoms with Crippen molar-refractivity contribution in [2.24, 2.45) is 0 Å². The van der Waals surface area contributed by atoms with Crippen LogP contribution in [0.15, 0.2) is 48.6 Å². The van der Waals surface area contributed by atoms with Crippen LogP contribution in [0, 0.1) is 12.3 Å².